The fourth-order valence-corrected chi connectivity index (χ4v) is 4.73. The van der Waals surface area contributed by atoms with E-state index in [2.05, 4.69) is 5.32 Å². The van der Waals surface area contributed by atoms with Gasteiger partial charge in [0.25, 0.3) is 5.69 Å². The first-order chi connectivity index (χ1) is 17.2. The van der Waals surface area contributed by atoms with Gasteiger partial charge in [0.05, 0.1) is 16.9 Å². The van der Waals surface area contributed by atoms with Crippen LogP contribution in [0, 0.1) is 23.0 Å². The smallest absolute Gasteiger partial charge is 0.271 e. The minimum Gasteiger partial charge on any atom is -0.354 e. The van der Waals surface area contributed by atoms with E-state index in [0.717, 1.165) is 16.6 Å². The van der Waals surface area contributed by atoms with Crippen molar-refractivity contribution in [2.45, 2.75) is 46.7 Å². The van der Waals surface area contributed by atoms with E-state index in [0.29, 0.717) is 22.7 Å². The Morgan fingerprint density at radius 3 is 2.27 bits per heavy atom. The summed E-state index contributed by atoms with van der Waals surface area (Å²) in [5.41, 5.74) is 0.855. The van der Waals surface area contributed by atoms with E-state index in [1.54, 1.807) is 38.1 Å². The third kappa shape index (κ3) is 8.43. The second kappa shape index (κ2) is 12.9. The summed E-state index contributed by atoms with van der Waals surface area (Å²) in [6, 6.07) is 9.72. The van der Waals surface area contributed by atoms with Crippen LogP contribution in [-0.4, -0.2) is 55.4 Å². The van der Waals surface area contributed by atoms with Crippen LogP contribution in [0.2, 0.25) is 5.02 Å². The number of rotatable bonds is 12. The van der Waals surface area contributed by atoms with Crippen molar-refractivity contribution >= 4 is 44.8 Å². The van der Waals surface area contributed by atoms with Crippen molar-refractivity contribution in [1.29, 1.82) is 0 Å². The van der Waals surface area contributed by atoms with Crippen molar-refractivity contribution in [1.82, 2.24) is 10.2 Å². The molecule has 0 heterocycles. The third-order valence-corrected chi connectivity index (χ3v) is 7.07. The predicted molar refractivity (Wildman–Crippen MR) is 144 cm³/mol. The number of nitro benzene ring substituents is 1. The molecule has 0 unspecified atom stereocenters. The quantitative estimate of drug-likeness (QED) is 0.314. The maximum atomic E-state index is 13.7. The van der Waals surface area contributed by atoms with Crippen molar-refractivity contribution < 1.29 is 22.9 Å². The van der Waals surface area contributed by atoms with Gasteiger partial charge in [-0.2, -0.15) is 0 Å². The molecular formula is C25H33ClN4O6S. The zero-order chi connectivity index (χ0) is 27.9. The molecule has 2 rings (SSSR count). The molecule has 37 heavy (non-hydrogen) atoms. The summed E-state index contributed by atoms with van der Waals surface area (Å²) in [6.45, 7) is 7.08. The maximum absolute atomic E-state index is 13.7. The van der Waals surface area contributed by atoms with Crippen molar-refractivity contribution in [3.63, 3.8) is 0 Å². The molecule has 0 saturated heterocycles. The predicted octanol–water partition coefficient (Wildman–Crippen LogP) is 3.90. The number of carbonyl (C=O) groups is 2. The lowest BCUT2D eigenvalue weighted by Crippen LogP contribution is -2.52. The Morgan fingerprint density at radius 2 is 1.76 bits per heavy atom. The number of aryl methyl sites for hydroxylation is 1. The largest absolute Gasteiger partial charge is 0.354 e. The van der Waals surface area contributed by atoms with Gasteiger partial charge in [0.1, 0.15) is 12.6 Å². The number of carbonyl (C=O) groups excluding carboxylic acids is 2. The lowest BCUT2D eigenvalue weighted by Gasteiger charge is -2.33. The first-order valence-electron chi connectivity index (χ1n) is 11.8. The fourth-order valence-electron chi connectivity index (χ4n) is 3.70. The van der Waals surface area contributed by atoms with Crippen LogP contribution in [0.25, 0.3) is 0 Å². The summed E-state index contributed by atoms with van der Waals surface area (Å²) in [6.07, 6.45) is 1.21. The molecule has 0 fully saturated rings. The number of halogens is 1. The van der Waals surface area contributed by atoms with Gasteiger partial charge >= 0.3 is 0 Å². The van der Waals surface area contributed by atoms with Gasteiger partial charge in [-0.05, 0) is 42.5 Å². The molecule has 2 aromatic carbocycles. The summed E-state index contributed by atoms with van der Waals surface area (Å²) >= 11 is 5.99. The summed E-state index contributed by atoms with van der Waals surface area (Å²) in [5.74, 6) is -0.784. The highest BCUT2D eigenvalue weighted by Crippen LogP contribution is 2.28. The van der Waals surface area contributed by atoms with E-state index in [-0.39, 0.29) is 36.2 Å². The fraction of sp³-hybridized carbons (Fsp3) is 0.440. The Morgan fingerprint density at radius 1 is 1.14 bits per heavy atom. The van der Waals surface area contributed by atoms with Crippen LogP contribution in [0.5, 0.6) is 0 Å². The number of sulfonamides is 1. The number of hydrogen-bond donors (Lipinski definition) is 1. The van der Waals surface area contributed by atoms with Gasteiger partial charge in [-0.25, -0.2) is 8.42 Å². The van der Waals surface area contributed by atoms with Crippen LogP contribution in [0.3, 0.4) is 0 Å². The molecule has 0 bridgehead atoms. The molecule has 0 aliphatic rings. The Hall–Kier alpha value is -3.18. The van der Waals surface area contributed by atoms with Crippen LogP contribution in [0.4, 0.5) is 11.4 Å². The molecule has 2 aromatic rings. The van der Waals surface area contributed by atoms with Crippen molar-refractivity contribution in [2.24, 2.45) is 5.92 Å². The van der Waals surface area contributed by atoms with Gasteiger partial charge in [-0.15, -0.1) is 0 Å². The summed E-state index contributed by atoms with van der Waals surface area (Å²) in [4.78, 5) is 38.8. The minimum absolute atomic E-state index is 0.0220. The molecule has 0 saturated carbocycles. The molecular weight excluding hydrogens is 520 g/mol. The zero-order valence-corrected chi connectivity index (χ0v) is 23.2. The topological polar surface area (TPSA) is 130 Å². The average molecular weight is 553 g/mol. The van der Waals surface area contributed by atoms with Crippen LogP contribution < -0.4 is 9.62 Å². The van der Waals surface area contributed by atoms with Gasteiger partial charge in [0.2, 0.25) is 21.8 Å². The Bertz CT molecular complexity index is 1230. The van der Waals surface area contributed by atoms with Crippen molar-refractivity contribution in [3.8, 4) is 0 Å². The Balaban J connectivity index is 2.50. The van der Waals surface area contributed by atoms with Crippen molar-refractivity contribution in [2.75, 3.05) is 23.7 Å². The Kier molecular flexibility index (Phi) is 10.4. The number of amides is 2. The summed E-state index contributed by atoms with van der Waals surface area (Å²) in [5, 5.41) is 14.7. The monoisotopic (exact) mass is 552 g/mol. The second-order valence-corrected chi connectivity index (χ2v) is 11.6. The molecule has 0 aliphatic carbocycles. The van der Waals surface area contributed by atoms with Crippen LogP contribution >= 0.6 is 11.6 Å². The number of nitro groups is 1. The van der Waals surface area contributed by atoms with Gasteiger partial charge in [-0.1, -0.05) is 50.6 Å². The maximum Gasteiger partial charge on any atom is 0.271 e. The average Bonchev–Trinajstić information content (AvgIpc) is 2.81. The molecule has 0 radical (unpaired) electrons. The first kappa shape index (κ1) is 30.0. The molecule has 1 N–H and O–H groups in total. The standard InChI is InChI=1S/C25H33ClN4O6S/c1-6-22(25(32)27-14-17(2)3)28(15-19-8-10-20(26)11-9-19)24(31)16-29(37(5,35)36)23-13-21(30(33)34)12-7-18(23)4/h7-13,17,22H,6,14-16H2,1-5H3,(H,27,32)/t22-/m0/s1. The molecule has 12 heteroatoms. The van der Waals surface area contributed by atoms with Gasteiger partial charge in [-0.3, -0.25) is 24.0 Å². The highest BCUT2D eigenvalue weighted by atomic mass is 35.5. The lowest BCUT2D eigenvalue weighted by molar-refractivity contribution is -0.384. The zero-order valence-electron chi connectivity index (χ0n) is 21.6. The molecule has 202 valence electrons. The Labute approximate surface area is 222 Å². The van der Waals surface area contributed by atoms with Crippen LogP contribution in [0.15, 0.2) is 42.5 Å². The molecule has 10 nitrogen and oxygen atoms in total. The number of nitrogens with zero attached hydrogens (tertiary/aromatic N) is 3. The molecule has 2 amide bonds. The number of non-ortho nitro benzene ring substituents is 1. The van der Waals surface area contributed by atoms with Crippen LogP contribution in [0.1, 0.15) is 38.3 Å². The van der Waals surface area contributed by atoms with Gasteiger partial charge in [0.15, 0.2) is 0 Å². The molecule has 0 spiro atoms. The van der Waals surface area contributed by atoms with Gasteiger partial charge in [0, 0.05) is 30.2 Å². The number of benzene rings is 2. The van der Waals surface area contributed by atoms with E-state index in [1.807, 2.05) is 13.8 Å². The molecule has 0 aliphatic heterocycles. The molecule has 0 aromatic heterocycles. The minimum atomic E-state index is -4.02. The SMILES string of the molecule is CC[C@@H](C(=O)NCC(C)C)N(Cc1ccc(Cl)cc1)C(=O)CN(c1cc([N+](=O)[O-])ccc1C)S(C)(=O)=O. The van der Waals surface area contributed by atoms with E-state index >= 15 is 0 Å². The normalized spacial score (nSPS) is 12.2. The summed E-state index contributed by atoms with van der Waals surface area (Å²) < 4.78 is 26.4. The van der Waals surface area contributed by atoms with E-state index in [4.69, 9.17) is 11.6 Å². The van der Waals surface area contributed by atoms with Crippen LogP contribution in [-0.2, 0) is 26.2 Å². The van der Waals surface area contributed by atoms with E-state index in [1.165, 1.54) is 17.0 Å². The van der Waals surface area contributed by atoms with E-state index < -0.39 is 33.4 Å². The first-order valence-corrected chi connectivity index (χ1v) is 14.0. The molecule has 1 atom stereocenters. The summed E-state index contributed by atoms with van der Waals surface area (Å²) in [7, 11) is -4.02. The lowest BCUT2D eigenvalue weighted by atomic mass is 10.1. The highest BCUT2D eigenvalue weighted by Gasteiger charge is 2.32. The number of anilines is 1. The number of hydrogen-bond acceptors (Lipinski definition) is 6. The highest BCUT2D eigenvalue weighted by molar-refractivity contribution is 7.92. The van der Waals surface area contributed by atoms with Crippen molar-refractivity contribution in [3.05, 3.63) is 68.7 Å². The third-order valence-electron chi connectivity index (χ3n) is 5.69. The van der Waals surface area contributed by atoms with Gasteiger partial charge < -0.3 is 10.2 Å². The van der Waals surface area contributed by atoms with E-state index in [9.17, 15) is 28.1 Å². The second-order valence-electron chi connectivity index (χ2n) is 9.21. The number of nitrogens with one attached hydrogen (secondary N) is 1.